The molecule has 1 aromatic carbocycles. The van der Waals surface area contributed by atoms with Gasteiger partial charge < -0.3 is 19.9 Å². The van der Waals surface area contributed by atoms with E-state index in [-0.39, 0.29) is 5.91 Å². The van der Waals surface area contributed by atoms with Crippen molar-refractivity contribution in [2.45, 2.75) is 13.0 Å². The molecule has 1 aliphatic rings. The molecule has 0 atom stereocenters. The zero-order valence-electron chi connectivity index (χ0n) is 14.6. The van der Waals surface area contributed by atoms with E-state index in [1.807, 2.05) is 42.6 Å². The predicted molar refractivity (Wildman–Crippen MR) is 101 cm³/mol. The predicted octanol–water partition coefficient (Wildman–Crippen LogP) is 2.26. The zero-order valence-corrected chi connectivity index (χ0v) is 14.6. The number of aromatic nitrogens is 2. The molecule has 26 heavy (non-hydrogen) atoms. The lowest BCUT2D eigenvalue weighted by molar-refractivity contribution is -0.120. The van der Waals surface area contributed by atoms with Gasteiger partial charge in [0.05, 0.1) is 19.6 Å². The van der Waals surface area contributed by atoms with Gasteiger partial charge in [-0.15, -0.1) is 0 Å². The normalized spacial score (nSPS) is 14.5. The fourth-order valence-electron chi connectivity index (χ4n) is 3.34. The first-order valence-electron chi connectivity index (χ1n) is 8.89. The Kier molecular flexibility index (Phi) is 4.84. The summed E-state index contributed by atoms with van der Waals surface area (Å²) >= 11 is 0. The number of carbonyl (C=O) groups excluding carboxylic acids is 1. The largest absolute Gasteiger partial charge is 0.378 e. The van der Waals surface area contributed by atoms with E-state index in [0.29, 0.717) is 26.2 Å². The summed E-state index contributed by atoms with van der Waals surface area (Å²) in [7, 11) is 0. The molecular weight excluding hydrogens is 328 g/mol. The van der Waals surface area contributed by atoms with E-state index in [0.717, 1.165) is 40.9 Å². The average Bonchev–Trinajstić information content (AvgIpc) is 3.10. The van der Waals surface area contributed by atoms with Gasteiger partial charge in [-0.05, 0) is 17.7 Å². The number of rotatable bonds is 5. The molecule has 3 aromatic rings. The molecule has 0 aliphatic carbocycles. The van der Waals surface area contributed by atoms with E-state index >= 15 is 0 Å². The molecule has 4 rings (SSSR count). The number of carbonyl (C=O) groups is 1. The van der Waals surface area contributed by atoms with E-state index in [2.05, 4.69) is 20.2 Å². The van der Waals surface area contributed by atoms with Crippen LogP contribution in [0, 0.1) is 0 Å². The van der Waals surface area contributed by atoms with Crippen LogP contribution in [0.4, 0.5) is 5.82 Å². The van der Waals surface area contributed by atoms with Crippen molar-refractivity contribution in [3.8, 4) is 0 Å². The van der Waals surface area contributed by atoms with E-state index < -0.39 is 0 Å². The molecular formula is C20H22N4O2. The summed E-state index contributed by atoms with van der Waals surface area (Å²) in [4.78, 5) is 22.4. The topological polar surface area (TPSA) is 70.2 Å². The molecule has 2 N–H and O–H groups in total. The number of benzene rings is 1. The lowest BCUT2D eigenvalue weighted by atomic mass is 10.1. The molecule has 0 spiro atoms. The number of fused-ring (bicyclic) bond motifs is 1. The van der Waals surface area contributed by atoms with Crippen LogP contribution in [0.5, 0.6) is 0 Å². The number of nitrogens with zero attached hydrogens (tertiary/aromatic N) is 2. The number of H-pyrrole nitrogens is 1. The van der Waals surface area contributed by atoms with Crippen molar-refractivity contribution in [2.24, 2.45) is 0 Å². The molecule has 1 saturated heterocycles. The Bertz CT molecular complexity index is 899. The second-order valence-electron chi connectivity index (χ2n) is 6.40. The molecule has 2 aromatic heterocycles. The molecule has 0 unspecified atom stereocenters. The third kappa shape index (κ3) is 3.55. The van der Waals surface area contributed by atoms with Crippen molar-refractivity contribution in [1.82, 2.24) is 15.3 Å². The summed E-state index contributed by atoms with van der Waals surface area (Å²) in [5.74, 6) is 0.940. The molecule has 1 fully saturated rings. The van der Waals surface area contributed by atoms with Crippen molar-refractivity contribution in [3.05, 3.63) is 59.9 Å². The van der Waals surface area contributed by atoms with E-state index in [1.54, 1.807) is 6.20 Å². The number of ether oxygens (including phenoxy) is 1. The van der Waals surface area contributed by atoms with Gasteiger partial charge in [-0.3, -0.25) is 4.79 Å². The Morgan fingerprint density at radius 3 is 2.88 bits per heavy atom. The third-order valence-corrected chi connectivity index (χ3v) is 4.68. The van der Waals surface area contributed by atoms with Crippen LogP contribution in [-0.2, 0) is 22.5 Å². The summed E-state index contributed by atoms with van der Waals surface area (Å²) in [5, 5.41) is 4.13. The van der Waals surface area contributed by atoms with Gasteiger partial charge in [-0.25, -0.2) is 4.98 Å². The standard InChI is InChI=1S/C20H22N4O2/c25-19(12-16-14-22-18-6-2-1-5-17(16)18)23-13-15-4-3-7-21-20(15)24-8-10-26-11-9-24/h1-7,14,22H,8-13H2,(H,23,25). The number of amides is 1. The van der Waals surface area contributed by atoms with Crippen LogP contribution in [0.2, 0.25) is 0 Å². The van der Waals surface area contributed by atoms with E-state index in [1.165, 1.54) is 0 Å². The summed E-state index contributed by atoms with van der Waals surface area (Å²) in [6, 6.07) is 11.9. The monoisotopic (exact) mass is 350 g/mol. The number of morpholine rings is 1. The molecule has 3 heterocycles. The van der Waals surface area contributed by atoms with Crippen LogP contribution in [0.1, 0.15) is 11.1 Å². The molecule has 1 amide bonds. The SMILES string of the molecule is O=C(Cc1c[nH]c2ccccc12)NCc1cccnc1N1CCOCC1. The summed E-state index contributed by atoms with van der Waals surface area (Å²) in [6.45, 7) is 3.55. The van der Waals surface area contributed by atoms with Gasteiger partial charge in [0.25, 0.3) is 0 Å². The van der Waals surface area contributed by atoms with Crippen molar-refractivity contribution >= 4 is 22.6 Å². The molecule has 1 aliphatic heterocycles. The highest BCUT2D eigenvalue weighted by atomic mass is 16.5. The van der Waals surface area contributed by atoms with Gasteiger partial charge >= 0.3 is 0 Å². The zero-order chi connectivity index (χ0) is 17.8. The van der Waals surface area contributed by atoms with Crippen LogP contribution < -0.4 is 10.2 Å². The number of pyridine rings is 1. The molecule has 0 bridgehead atoms. The van der Waals surface area contributed by atoms with Crippen molar-refractivity contribution in [3.63, 3.8) is 0 Å². The number of hydrogen-bond acceptors (Lipinski definition) is 4. The number of para-hydroxylation sites is 1. The van der Waals surface area contributed by atoms with Crippen LogP contribution in [0.15, 0.2) is 48.8 Å². The Labute approximate surface area is 152 Å². The molecule has 6 heteroatoms. The Hall–Kier alpha value is -2.86. The minimum Gasteiger partial charge on any atom is -0.378 e. The van der Waals surface area contributed by atoms with Crippen LogP contribution >= 0.6 is 0 Å². The first kappa shape index (κ1) is 16.6. The highest BCUT2D eigenvalue weighted by Crippen LogP contribution is 2.20. The maximum Gasteiger partial charge on any atom is 0.224 e. The number of anilines is 1. The van der Waals surface area contributed by atoms with Gasteiger partial charge in [0.1, 0.15) is 5.82 Å². The second kappa shape index (κ2) is 7.58. The maximum atomic E-state index is 12.4. The Morgan fingerprint density at radius 1 is 1.15 bits per heavy atom. The van der Waals surface area contributed by atoms with Crippen molar-refractivity contribution in [2.75, 3.05) is 31.2 Å². The number of nitrogens with one attached hydrogen (secondary N) is 2. The minimum atomic E-state index is 0.00605. The van der Waals surface area contributed by atoms with Crippen LogP contribution in [-0.4, -0.2) is 42.2 Å². The lowest BCUT2D eigenvalue weighted by Gasteiger charge is -2.29. The fourth-order valence-corrected chi connectivity index (χ4v) is 3.34. The van der Waals surface area contributed by atoms with Gasteiger partial charge in [-0.1, -0.05) is 24.3 Å². The number of hydrogen-bond donors (Lipinski definition) is 2. The molecule has 134 valence electrons. The van der Waals surface area contributed by atoms with E-state index in [4.69, 9.17) is 4.74 Å². The fraction of sp³-hybridized carbons (Fsp3) is 0.300. The van der Waals surface area contributed by atoms with Crippen LogP contribution in [0.3, 0.4) is 0 Å². The minimum absolute atomic E-state index is 0.00605. The molecule has 0 radical (unpaired) electrons. The molecule has 6 nitrogen and oxygen atoms in total. The molecule has 0 saturated carbocycles. The summed E-state index contributed by atoms with van der Waals surface area (Å²) < 4.78 is 5.41. The maximum absolute atomic E-state index is 12.4. The summed E-state index contributed by atoms with van der Waals surface area (Å²) in [6.07, 6.45) is 4.06. The van der Waals surface area contributed by atoms with Gasteiger partial charge in [0.2, 0.25) is 5.91 Å². The van der Waals surface area contributed by atoms with Crippen molar-refractivity contribution in [1.29, 1.82) is 0 Å². The highest BCUT2D eigenvalue weighted by Gasteiger charge is 2.16. The quantitative estimate of drug-likeness (QED) is 0.740. The van der Waals surface area contributed by atoms with Gasteiger partial charge in [0, 0.05) is 48.5 Å². The average molecular weight is 350 g/mol. The Balaban J connectivity index is 1.42. The first-order chi connectivity index (χ1) is 12.8. The van der Waals surface area contributed by atoms with E-state index in [9.17, 15) is 4.79 Å². The first-order valence-corrected chi connectivity index (χ1v) is 8.89. The van der Waals surface area contributed by atoms with Crippen molar-refractivity contribution < 1.29 is 9.53 Å². The highest BCUT2D eigenvalue weighted by molar-refractivity contribution is 5.88. The Morgan fingerprint density at radius 2 is 2.00 bits per heavy atom. The third-order valence-electron chi connectivity index (χ3n) is 4.68. The number of aromatic amines is 1. The summed E-state index contributed by atoms with van der Waals surface area (Å²) in [5.41, 5.74) is 3.09. The second-order valence-corrected chi connectivity index (χ2v) is 6.40. The lowest BCUT2D eigenvalue weighted by Crippen LogP contribution is -2.38. The van der Waals surface area contributed by atoms with Crippen LogP contribution in [0.25, 0.3) is 10.9 Å². The van der Waals surface area contributed by atoms with Gasteiger partial charge in [-0.2, -0.15) is 0 Å². The smallest absolute Gasteiger partial charge is 0.224 e. The van der Waals surface area contributed by atoms with Gasteiger partial charge in [0.15, 0.2) is 0 Å².